The van der Waals surface area contributed by atoms with Gasteiger partial charge in [-0.2, -0.15) is 12.7 Å². The van der Waals surface area contributed by atoms with Crippen molar-refractivity contribution in [3.05, 3.63) is 0 Å². The zero-order valence-corrected chi connectivity index (χ0v) is 9.47. The molecule has 2 unspecified atom stereocenters. The molecule has 0 bridgehead atoms. The van der Waals surface area contributed by atoms with Gasteiger partial charge in [0, 0.05) is 20.0 Å². The van der Waals surface area contributed by atoms with Gasteiger partial charge in [-0.25, -0.2) is 4.72 Å². The molecule has 0 spiro atoms. The molecule has 82 valence electrons. The van der Waals surface area contributed by atoms with E-state index in [4.69, 9.17) is 0 Å². The quantitative estimate of drug-likeness (QED) is 0.722. The largest absolute Gasteiger partial charge is 0.303 e. The first-order chi connectivity index (χ1) is 6.38. The number of hydrogen-bond acceptors (Lipinski definition) is 3. The van der Waals surface area contributed by atoms with Crippen molar-refractivity contribution >= 4 is 16.1 Å². The fourth-order valence-electron chi connectivity index (χ4n) is 1.31. The first-order valence-corrected chi connectivity index (χ1v) is 6.06. The van der Waals surface area contributed by atoms with Crippen molar-refractivity contribution in [2.75, 3.05) is 14.1 Å². The Bertz CT molecular complexity index is 323. The van der Waals surface area contributed by atoms with Crippen LogP contribution >= 0.6 is 0 Å². The number of rotatable bonds is 4. The summed E-state index contributed by atoms with van der Waals surface area (Å²) >= 11 is 0. The van der Waals surface area contributed by atoms with Crippen LogP contribution in [0.1, 0.15) is 19.8 Å². The number of hydrogen-bond donors (Lipinski definition) is 1. The van der Waals surface area contributed by atoms with Gasteiger partial charge >= 0.3 is 10.2 Å². The molecule has 14 heavy (non-hydrogen) atoms. The summed E-state index contributed by atoms with van der Waals surface area (Å²) in [5.41, 5.74) is 0. The Labute approximate surface area is 84.7 Å². The van der Waals surface area contributed by atoms with E-state index < -0.39 is 10.2 Å². The van der Waals surface area contributed by atoms with Crippen LogP contribution in [-0.2, 0) is 15.0 Å². The van der Waals surface area contributed by atoms with Crippen LogP contribution in [0.3, 0.4) is 0 Å². The van der Waals surface area contributed by atoms with Gasteiger partial charge in [0.1, 0.15) is 0 Å². The van der Waals surface area contributed by atoms with E-state index in [-0.39, 0.29) is 11.8 Å². The molecular weight excluding hydrogens is 204 g/mol. The van der Waals surface area contributed by atoms with Crippen molar-refractivity contribution in [2.24, 2.45) is 11.8 Å². The average molecular weight is 220 g/mol. The zero-order valence-electron chi connectivity index (χ0n) is 8.65. The second-order valence-corrected chi connectivity index (χ2v) is 5.65. The summed E-state index contributed by atoms with van der Waals surface area (Å²) < 4.78 is 25.6. The fraction of sp³-hybridized carbons (Fsp3) is 0.875. The van der Waals surface area contributed by atoms with Gasteiger partial charge in [-0.15, -0.1) is 0 Å². The maximum absolute atomic E-state index is 11.4. The minimum atomic E-state index is -3.60. The number of amides is 1. The van der Waals surface area contributed by atoms with Crippen LogP contribution in [0.15, 0.2) is 0 Å². The Morgan fingerprint density at radius 2 is 2.07 bits per heavy atom. The summed E-state index contributed by atoms with van der Waals surface area (Å²) in [4.78, 5) is 11.4. The van der Waals surface area contributed by atoms with Gasteiger partial charge in [-0.3, -0.25) is 4.79 Å². The highest BCUT2D eigenvalue weighted by atomic mass is 32.2. The number of nitrogens with one attached hydrogen (secondary N) is 1. The zero-order chi connectivity index (χ0) is 10.9. The Balaban J connectivity index is 2.51. The SMILES string of the molecule is CCC1CC1C(=O)NS(=O)(=O)N(C)C. The second-order valence-electron chi connectivity index (χ2n) is 3.76. The van der Waals surface area contributed by atoms with Gasteiger partial charge in [0.15, 0.2) is 0 Å². The predicted octanol–water partition coefficient (Wildman–Crippen LogP) is -0.0449. The standard InChI is InChI=1S/C8H16N2O3S/c1-4-6-5-7(6)8(11)9-14(12,13)10(2)3/h6-7H,4-5H2,1-3H3,(H,9,11). The van der Waals surface area contributed by atoms with E-state index in [9.17, 15) is 13.2 Å². The molecule has 0 radical (unpaired) electrons. The lowest BCUT2D eigenvalue weighted by Gasteiger charge is -2.11. The average Bonchev–Trinajstić information content (AvgIpc) is 2.81. The van der Waals surface area contributed by atoms with Gasteiger partial charge in [-0.05, 0) is 12.3 Å². The molecule has 1 fully saturated rings. The third-order valence-electron chi connectivity index (χ3n) is 2.49. The number of nitrogens with zero attached hydrogens (tertiary/aromatic N) is 1. The monoisotopic (exact) mass is 220 g/mol. The molecular formula is C8H16N2O3S. The minimum Gasteiger partial charge on any atom is -0.274 e. The second kappa shape index (κ2) is 3.86. The topological polar surface area (TPSA) is 66.5 Å². The van der Waals surface area contributed by atoms with Gasteiger partial charge in [-0.1, -0.05) is 13.3 Å². The van der Waals surface area contributed by atoms with Crippen molar-refractivity contribution in [1.29, 1.82) is 0 Å². The maximum Gasteiger partial charge on any atom is 0.303 e. The molecule has 1 rings (SSSR count). The number of carbonyl (C=O) groups is 1. The van der Waals surface area contributed by atoms with Crippen molar-refractivity contribution in [2.45, 2.75) is 19.8 Å². The molecule has 1 N–H and O–H groups in total. The summed E-state index contributed by atoms with van der Waals surface area (Å²) in [6.07, 6.45) is 1.74. The smallest absolute Gasteiger partial charge is 0.274 e. The third kappa shape index (κ3) is 2.45. The Hall–Kier alpha value is -0.620. The highest BCUT2D eigenvalue weighted by molar-refractivity contribution is 7.87. The molecule has 1 aliphatic carbocycles. The molecule has 0 aromatic heterocycles. The van der Waals surface area contributed by atoms with E-state index in [1.54, 1.807) is 0 Å². The summed E-state index contributed by atoms with van der Waals surface area (Å²) in [7, 11) is -0.823. The third-order valence-corrected chi connectivity index (χ3v) is 3.91. The lowest BCUT2D eigenvalue weighted by Crippen LogP contribution is -2.40. The lowest BCUT2D eigenvalue weighted by molar-refractivity contribution is -0.120. The van der Waals surface area contributed by atoms with Crippen LogP contribution in [0.2, 0.25) is 0 Å². The Morgan fingerprint density at radius 3 is 2.43 bits per heavy atom. The van der Waals surface area contributed by atoms with Crippen LogP contribution in [0, 0.1) is 11.8 Å². The van der Waals surface area contributed by atoms with Crippen LogP contribution < -0.4 is 4.72 Å². The van der Waals surface area contributed by atoms with Crippen molar-refractivity contribution in [3.8, 4) is 0 Å². The van der Waals surface area contributed by atoms with Gasteiger partial charge in [0.25, 0.3) is 0 Å². The van der Waals surface area contributed by atoms with Gasteiger partial charge < -0.3 is 0 Å². The molecule has 1 saturated carbocycles. The Kier molecular flexibility index (Phi) is 3.16. The van der Waals surface area contributed by atoms with Crippen LogP contribution in [0.5, 0.6) is 0 Å². The highest BCUT2D eigenvalue weighted by Crippen LogP contribution is 2.41. The molecule has 0 aromatic rings. The fourth-order valence-corrected chi connectivity index (χ4v) is 1.90. The van der Waals surface area contributed by atoms with Crippen LogP contribution in [0.4, 0.5) is 0 Å². The first-order valence-electron chi connectivity index (χ1n) is 4.62. The maximum atomic E-state index is 11.4. The van der Waals surface area contributed by atoms with E-state index in [0.29, 0.717) is 5.92 Å². The van der Waals surface area contributed by atoms with Crippen LogP contribution in [-0.4, -0.2) is 32.7 Å². The number of carbonyl (C=O) groups excluding carboxylic acids is 1. The Morgan fingerprint density at radius 1 is 1.50 bits per heavy atom. The first kappa shape index (κ1) is 11.5. The van der Waals surface area contributed by atoms with E-state index in [2.05, 4.69) is 0 Å². The molecule has 1 aliphatic rings. The summed E-state index contributed by atoms with van der Waals surface area (Å²) in [6.45, 7) is 2.00. The van der Waals surface area contributed by atoms with Crippen molar-refractivity contribution in [3.63, 3.8) is 0 Å². The van der Waals surface area contributed by atoms with Gasteiger partial charge in [0.2, 0.25) is 5.91 Å². The highest BCUT2D eigenvalue weighted by Gasteiger charge is 2.42. The molecule has 0 aliphatic heterocycles. The predicted molar refractivity (Wildman–Crippen MR) is 52.6 cm³/mol. The summed E-state index contributed by atoms with van der Waals surface area (Å²) in [6, 6.07) is 0. The molecule has 0 aromatic carbocycles. The van der Waals surface area contributed by atoms with Crippen molar-refractivity contribution < 1.29 is 13.2 Å². The molecule has 5 nitrogen and oxygen atoms in total. The van der Waals surface area contributed by atoms with E-state index in [1.165, 1.54) is 14.1 Å². The van der Waals surface area contributed by atoms with Crippen LogP contribution in [0.25, 0.3) is 0 Å². The summed E-state index contributed by atoms with van der Waals surface area (Å²) in [5, 5.41) is 0. The van der Waals surface area contributed by atoms with E-state index in [0.717, 1.165) is 17.1 Å². The normalized spacial score (nSPS) is 26.3. The van der Waals surface area contributed by atoms with Gasteiger partial charge in [0.05, 0.1) is 0 Å². The van der Waals surface area contributed by atoms with E-state index >= 15 is 0 Å². The molecule has 1 amide bonds. The van der Waals surface area contributed by atoms with Crippen molar-refractivity contribution in [1.82, 2.24) is 9.03 Å². The summed E-state index contributed by atoms with van der Waals surface area (Å²) in [5.74, 6) is -0.104. The molecule has 6 heteroatoms. The minimum absolute atomic E-state index is 0.102. The molecule has 2 atom stereocenters. The van der Waals surface area contributed by atoms with E-state index in [1.807, 2.05) is 11.6 Å². The molecule has 0 saturated heterocycles. The molecule has 0 heterocycles. The lowest BCUT2D eigenvalue weighted by atomic mass is 10.2.